The van der Waals surface area contributed by atoms with Crippen molar-refractivity contribution in [3.63, 3.8) is 0 Å². The Hall–Kier alpha value is -2.62. The molecule has 2 saturated heterocycles. The van der Waals surface area contributed by atoms with Gasteiger partial charge in [0.25, 0.3) is 0 Å². The maximum atomic E-state index is 11.9. The molecule has 204 valence electrons. The summed E-state index contributed by atoms with van der Waals surface area (Å²) in [6.07, 6.45) is -12.4. The van der Waals surface area contributed by atoms with Crippen LogP contribution >= 0.6 is 0 Å². The number of benzene rings is 1. The minimum absolute atomic E-state index is 0.196. The van der Waals surface area contributed by atoms with Crippen LogP contribution in [0, 0.1) is 6.92 Å². The highest BCUT2D eigenvalue weighted by Gasteiger charge is 2.51. The summed E-state index contributed by atoms with van der Waals surface area (Å²) >= 11 is 0. The molecule has 37 heavy (non-hydrogen) atoms. The molecule has 0 aliphatic carbocycles. The summed E-state index contributed by atoms with van der Waals surface area (Å²) in [5, 5.41) is 54.7. The third kappa shape index (κ3) is 5.63. The topological polar surface area (TPSA) is 197 Å². The molecular formula is C24H31NO12. The fourth-order valence-electron chi connectivity index (χ4n) is 4.52. The van der Waals surface area contributed by atoms with Crippen molar-refractivity contribution < 1.29 is 53.7 Å². The first kappa shape index (κ1) is 27.4. The number of hydrogen-bond acceptors (Lipinski definition) is 12. The SMILES string of the molecule is CC(=O)N[C@H]1[C@H](Oc2ccc3c(C)cc(=O)oc3c2)O[C@H](CO)[C@@H](O[C@H]2O[C@H](C)[C@H](O)[C@H](O)[C@H]2O)[C@@H]1O. The maximum absolute atomic E-state index is 11.9. The zero-order valence-electron chi connectivity index (χ0n) is 20.4. The van der Waals surface area contributed by atoms with Crippen LogP contribution in [-0.4, -0.2) is 99.4 Å². The summed E-state index contributed by atoms with van der Waals surface area (Å²) in [7, 11) is 0. The van der Waals surface area contributed by atoms with Crippen LogP contribution in [0.1, 0.15) is 19.4 Å². The van der Waals surface area contributed by atoms with E-state index in [1.165, 1.54) is 26.0 Å². The fourth-order valence-corrected chi connectivity index (χ4v) is 4.52. The van der Waals surface area contributed by atoms with Crippen molar-refractivity contribution in [2.75, 3.05) is 6.61 Å². The van der Waals surface area contributed by atoms with Crippen LogP contribution in [-0.2, 0) is 19.0 Å². The van der Waals surface area contributed by atoms with Crippen molar-refractivity contribution in [1.82, 2.24) is 5.32 Å². The lowest BCUT2D eigenvalue weighted by molar-refractivity contribution is -0.339. The number of carbonyl (C=O) groups excluding carboxylic acids is 1. The Morgan fingerprint density at radius 3 is 2.43 bits per heavy atom. The number of aryl methyl sites for hydroxylation is 1. The molecule has 13 heteroatoms. The first-order chi connectivity index (χ1) is 17.5. The Morgan fingerprint density at radius 1 is 1.03 bits per heavy atom. The Balaban J connectivity index is 1.58. The normalized spacial score (nSPS) is 36.3. The first-order valence-corrected chi connectivity index (χ1v) is 11.8. The molecule has 4 rings (SSSR count). The van der Waals surface area contributed by atoms with Crippen LogP contribution < -0.4 is 15.7 Å². The van der Waals surface area contributed by atoms with Crippen LogP contribution in [0.4, 0.5) is 0 Å². The molecular weight excluding hydrogens is 494 g/mol. The van der Waals surface area contributed by atoms with Crippen molar-refractivity contribution in [3.05, 3.63) is 40.2 Å². The van der Waals surface area contributed by atoms with Crippen LogP contribution in [0.5, 0.6) is 5.75 Å². The van der Waals surface area contributed by atoms with E-state index in [0.29, 0.717) is 10.9 Å². The van der Waals surface area contributed by atoms with E-state index in [1.54, 1.807) is 19.1 Å². The molecule has 0 saturated carbocycles. The molecule has 3 heterocycles. The summed E-state index contributed by atoms with van der Waals surface area (Å²) in [5.41, 5.74) is 0.424. The van der Waals surface area contributed by atoms with E-state index in [1.807, 2.05) is 0 Å². The molecule has 6 N–H and O–H groups in total. The minimum atomic E-state index is -1.67. The molecule has 1 aromatic carbocycles. The largest absolute Gasteiger partial charge is 0.462 e. The highest BCUT2D eigenvalue weighted by Crippen LogP contribution is 2.31. The number of fused-ring (bicyclic) bond motifs is 1. The molecule has 2 fully saturated rings. The fraction of sp³-hybridized carbons (Fsp3) is 0.583. The Labute approximate surface area is 211 Å². The summed E-state index contributed by atoms with van der Waals surface area (Å²) in [6, 6.07) is 4.87. The maximum Gasteiger partial charge on any atom is 0.336 e. The lowest BCUT2D eigenvalue weighted by atomic mass is 9.95. The zero-order chi connectivity index (χ0) is 27.0. The molecule has 0 bridgehead atoms. The van der Waals surface area contributed by atoms with Gasteiger partial charge in [-0.3, -0.25) is 4.79 Å². The van der Waals surface area contributed by atoms with Gasteiger partial charge in [0.2, 0.25) is 12.2 Å². The average molecular weight is 526 g/mol. The minimum Gasteiger partial charge on any atom is -0.462 e. The lowest BCUT2D eigenvalue weighted by Gasteiger charge is -2.46. The van der Waals surface area contributed by atoms with E-state index in [0.717, 1.165) is 0 Å². The number of rotatable bonds is 6. The Morgan fingerprint density at radius 2 is 1.76 bits per heavy atom. The number of nitrogens with one attached hydrogen (secondary N) is 1. The van der Waals surface area contributed by atoms with E-state index in [2.05, 4.69) is 5.32 Å². The molecule has 13 nitrogen and oxygen atoms in total. The Bertz CT molecular complexity index is 1170. The molecule has 2 aliphatic heterocycles. The van der Waals surface area contributed by atoms with E-state index in [-0.39, 0.29) is 11.3 Å². The van der Waals surface area contributed by atoms with Crippen molar-refractivity contribution in [3.8, 4) is 5.75 Å². The standard InChI is InChI=1S/C24H31NO12/c1-9-6-16(28)35-14-7-12(4-5-13(9)14)34-23-17(25-11(3)27)19(30)22(15(8-26)36-23)37-24-21(32)20(31)18(29)10(2)33-24/h4-7,10,15,17-24,26,29-32H,8H2,1-3H3,(H,25,27)/t10-,15-,17-,18+,19-,20+,21-,22-,23-,24-/m1/s1. The third-order valence-corrected chi connectivity index (χ3v) is 6.50. The van der Waals surface area contributed by atoms with Crippen molar-refractivity contribution in [1.29, 1.82) is 0 Å². The third-order valence-electron chi connectivity index (χ3n) is 6.50. The van der Waals surface area contributed by atoms with E-state index in [4.69, 9.17) is 23.4 Å². The molecule has 1 aromatic heterocycles. The van der Waals surface area contributed by atoms with E-state index in [9.17, 15) is 35.1 Å². The predicted molar refractivity (Wildman–Crippen MR) is 124 cm³/mol. The zero-order valence-corrected chi connectivity index (χ0v) is 20.4. The average Bonchev–Trinajstić information content (AvgIpc) is 2.84. The molecule has 1 amide bonds. The summed E-state index contributed by atoms with van der Waals surface area (Å²) in [5.74, 6) is -0.328. The number of aliphatic hydroxyl groups excluding tert-OH is 5. The number of amides is 1. The molecule has 0 spiro atoms. The van der Waals surface area contributed by atoms with Gasteiger partial charge < -0.3 is 54.2 Å². The van der Waals surface area contributed by atoms with Crippen LogP contribution in [0.15, 0.2) is 33.5 Å². The smallest absolute Gasteiger partial charge is 0.336 e. The number of carbonyl (C=O) groups is 1. The quantitative estimate of drug-likeness (QED) is 0.234. The lowest BCUT2D eigenvalue weighted by Crippen LogP contribution is -2.67. The van der Waals surface area contributed by atoms with Gasteiger partial charge in [-0.15, -0.1) is 0 Å². The summed E-state index contributed by atoms with van der Waals surface area (Å²) < 4.78 is 28.1. The molecule has 2 aliphatic rings. The van der Waals surface area contributed by atoms with Gasteiger partial charge in [0.05, 0.1) is 12.7 Å². The van der Waals surface area contributed by atoms with Crippen molar-refractivity contribution in [2.24, 2.45) is 0 Å². The number of ether oxygens (including phenoxy) is 4. The molecule has 0 radical (unpaired) electrons. The van der Waals surface area contributed by atoms with Gasteiger partial charge in [-0.25, -0.2) is 4.79 Å². The molecule has 10 atom stereocenters. The van der Waals surface area contributed by atoms with Gasteiger partial charge in [0, 0.05) is 24.4 Å². The van der Waals surface area contributed by atoms with E-state index < -0.39 is 79.5 Å². The summed E-state index contributed by atoms with van der Waals surface area (Å²) in [6.45, 7) is 3.79. The van der Waals surface area contributed by atoms with Gasteiger partial charge in [-0.2, -0.15) is 0 Å². The van der Waals surface area contributed by atoms with Gasteiger partial charge in [0.15, 0.2) is 6.29 Å². The van der Waals surface area contributed by atoms with Crippen LogP contribution in [0.25, 0.3) is 11.0 Å². The predicted octanol–water partition coefficient (Wildman–Crippen LogP) is -1.72. The van der Waals surface area contributed by atoms with Gasteiger partial charge in [-0.05, 0) is 31.5 Å². The van der Waals surface area contributed by atoms with E-state index >= 15 is 0 Å². The van der Waals surface area contributed by atoms with Gasteiger partial charge in [-0.1, -0.05) is 0 Å². The van der Waals surface area contributed by atoms with Crippen molar-refractivity contribution in [2.45, 2.75) is 82.1 Å². The molecule has 0 unspecified atom stereocenters. The second kappa shape index (κ2) is 11.0. The number of hydrogen-bond donors (Lipinski definition) is 6. The van der Waals surface area contributed by atoms with Crippen LogP contribution in [0.3, 0.4) is 0 Å². The second-order valence-corrected chi connectivity index (χ2v) is 9.25. The second-order valence-electron chi connectivity index (χ2n) is 9.25. The summed E-state index contributed by atoms with van der Waals surface area (Å²) in [4.78, 5) is 23.7. The first-order valence-electron chi connectivity index (χ1n) is 11.8. The van der Waals surface area contributed by atoms with Gasteiger partial charge in [0.1, 0.15) is 54.0 Å². The Kier molecular flexibility index (Phi) is 8.16. The molecule has 2 aromatic rings. The number of aliphatic hydroxyl groups is 5. The van der Waals surface area contributed by atoms with Crippen LogP contribution in [0.2, 0.25) is 0 Å². The van der Waals surface area contributed by atoms with Gasteiger partial charge >= 0.3 is 5.63 Å². The highest BCUT2D eigenvalue weighted by molar-refractivity contribution is 5.81. The highest BCUT2D eigenvalue weighted by atomic mass is 16.7. The van der Waals surface area contributed by atoms with Crippen molar-refractivity contribution >= 4 is 16.9 Å². The monoisotopic (exact) mass is 525 g/mol.